The second-order valence-electron chi connectivity index (χ2n) is 3.49. The van der Waals surface area contributed by atoms with Crippen LogP contribution >= 0.6 is 0 Å². The predicted molar refractivity (Wildman–Crippen MR) is 54.5 cm³/mol. The highest BCUT2D eigenvalue weighted by Crippen LogP contribution is 2.13. The van der Waals surface area contributed by atoms with Gasteiger partial charge in [0.1, 0.15) is 0 Å². The number of rotatable bonds is 5. The zero-order valence-electron chi connectivity index (χ0n) is 8.44. The number of aliphatic hydroxyl groups excluding tert-OH is 1. The molecule has 1 fully saturated rings. The van der Waals surface area contributed by atoms with Crippen LogP contribution in [0, 0.1) is 0 Å². The first-order chi connectivity index (χ1) is 6.56. The maximum Gasteiger partial charge on any atom is 0.214 e. The van der Waals surface area contributed by atoms with E-state index in [1.54, 1.807) is 0 Å². The number of nitrogens with zero attached hydrogens (tertiary/aromatic N) is 1. The van der Waals surface area contributed by atoms with Crippen molar-refractivity contribution in [3.63, 3.8) is 0 Å². The van der Waals surface area contributed by atoms with Crippen LogP contribution in [0.3, 0.4) is 0 Å². The van der Waals surface area contributed by atoms with E-state index in [4.69, 9.17) is 0 Å². The lowest BCUT2D eigenvalue weighted by molar-refractivity contribution is 0.147. The Hall–Kier alpha value is -0.170. The lowest BCUT2D eigenvalue weighted by Gasteiger charge is -2.18. The fourth-order valence-corrected chi connectivity index (χ4v) is 3.07. The van der Waals surface area contributed by atoms with E-state index in [0.29, 0.717) is 19.5 Å². The lowest BCUT2D eigenvalue weighted by atomic mass is 10.3. The highest BCUT2D eigenvalue weighted by atomic mass is 32.2. The average molecular weight is 222 g/mol. The van der Waals surface area contributed by atoms with Crippen LogP contribution in [0.1, 0.15) is 13.3 Å². The fourth-order valence-electron chi connectivity index (χ4n) is 1.51. The van der Waals surface area contributed by atoms with E-state index in [0.717, 1.165) is 6.54 Å². The first kappa shape index (κ1) is 11.9. The lowest BCUT2D eigenvalue weighted by Crippen LogP contribution is -2.39. The Morgan fingerprint density at radius 1 is 1.57 bits per heavy atom. The molecule has 0 aliphatic carbocycles. The van der Waals surface area contributed by atoms with E-state index >= 15 is 0 Å². The Morgan fingerprint density at radius 3 is 2.79 bits per heavy atom. The topological polar surface area (TPSA) is 69.6 Å². The molecule has 0 aromatic heterocycles. The standard InChI is InChI=1S/C8H18N2O3S/c1-2-9-6-8(11)7-10-4-3-5-14(10,12)13/h8-9,11H,2-7H2,1H3. The fraction of sp³-hybridized carbons (Fsp3) is 1.00. The van der Waals surface area contributed by atoms with Crippen molar-refractivity contribution in [2.24, 2.45) is 0 Å². The van der Waals surface area contributed by atoms with Gasteiger partial charge in [0, 0.05) is 19.6 Å². The van der Waals surface area contributed by atoms with Crippen molar-refractivity contribution < 1.29 is 13.5 Å². The molecule has 1 heterocycles. The summed E-state index contributed by atoms with van der Waals surface area (Å²) in [6.07, 6.45) is 0.0683. The number of aliphatic hydroxyl groups is 1. The second kappa shape index (κ2) is 5.06. The van der Waals surface area contributed by atoms with Crippen molar-refractivity contribution >= 4 is 10.0 Å². The Morgan fingerprint density at radius 2 is 2.29 bits per heavy atom. The van der Waals surface area contributed by atoms with Crippen molar-refractivity contribution in [3.8, 4) is 0 Å². The molecule has 0 bridgehead atoms. The maximum absolute atomic E-state index is 11.4. The molecule has 84 valence electrons. The van der Waals surface area contributed by atoms with Gasteiger partial charge in [-0.2, -0.15) is 4.31 Å². The summed E-state index contributed by atoms with van der Waals surface area (Å²) >= 11 is 0. The van der Waals surface area contributed by atoms with Crippen molar-refractivity contribution in [1.29, 1.82) is 0 Å². The molecule has 1 aliphatic heterocycles. The van der Waals surface area contributed by atoms with E-state index in [9.17, 15) is 13.5 Å². The van der Waals surface area contributed by atoms with Crippen LogP contribution in [0.25, 0.3) is 0 Å². The number of nitrogens with one attached hydrogen (secondary N) is 1. The molecule has 14 heavy (non-hydrogen) atoms. The number of likely N-dealkylation sites (N-methyl/N-ethyl adjacent to an activating group) is 1. The number of β-amino-alcohol motifs (C(OH)–C–C–N with tert-alkyl or cyclic N) is 1. The molecular formula is C8H18N2O3S. The Balaban J connectivity index is 2.36. The average Bonchev–Trinajstić information content (AvgIpc) is 2.43. The number of hydrogen-bond acceptors (Lipinski definition) is 4. The summed E-state index contributed by atoms with van der Waals surface area (Å²) in [6, 6.07) is 0. The molecule has 1 aliphatic rings. The molecule has 0 saturated carbocycles. The van der Waals surface area contributed by atoms with Crippen LogP contribution in [0.2, 0.25) is 0 Å². The smallest absolute Gasteiger partial charge is 0.214 e. The van der Waals surface area contributed by atoms with E-state index in [-0.39, 0.29) is 12.3 Å². The largest absolute Gasteiger partial charge is 0.390 e. The van der Waals surface area contributed by atoms with Crippen LogP contribution < -0.4 is 5.32 Å². The van der Waals surface area contributed by atoms with Crippen LogP contribution in [0.4, 0.5) is 0 Å². The third-order valence-electron chi connectivity index (χ3n) is 2.25. The molecule has 5 nitrogen and oxygen atoms in total. The summed E-state index contributed by atoms with van der Waals surface area (Å²) in [4.78, 5) is 0. The first-order valence-electron chi connectivity index (χ1n) is 4.93. The Bertz CT molecular complexity index is 266. The molecule has 1 unspecified atom stereocenters. The van der Waals surface area contributed by atoms with Crippen LogP contribution in [0.5, 0.6) is 0 Å². The maximum atomic E-state index is 11.4. The van der Waals surface area contributed by atoms with Gasteiger partial charge < -0.3 is 10.4 Å². The predicted octanol–water partition coefficient (Wildman–Crippen LogP) is -1.01. The Labute approximate surface area is 85.2 Å². The van der Waals surface area contributed by atoms with Gasteiger partial charge in [-0.25, -0.2) is 8.42 Å². The monoisotopic (exact) mass is 222 g/mol. The minimum Gasteiger partial charge on any atom is -0.390 e. The molecule has 1 atom stereocenters. The third kappa shape index (κ3) is 3.20. The summed E-state index contributed by atoms with van der Waals surface area (Å²) in [6.45, 7) is 3.94. The summed E-state index contributed by atoms with van der Waals surface area (Å²) in [5, 5.41) is 12.5. The molecule has 0 amide bonds. The van der Waals surface area contributed by atoms with Gasteiger partial charge in [0.25, 0.3) is 0 Å². The second-order valence-corrected chi connectivity index (χ2v) is 5.58. The van der Waals surface area contributed by atoms with Crippen molar-refractivity contribution in [2.75, 3.05) is 31.9 Å². The summed E-state index contributed by atoms with van der Waals surface area (Å²) in [5.41, 5.74) is 0. The van der Waals surface area contributed by atoms with E-state index in [2.05, 4.69) is 5.32 Å². The molecule has 0 aromatic rings. The van der Waals surface area contributed by atoms with Gasteiger partial charge in [-0.05, 0) is 13.0 Å². The third-order valence-corrected chi connectivity index (χ3v) is 4.17. The van der Waals surface area contributed by atoms with E-state index < -0.39 is 16.1 Å². The van der Waals surface area contributed by atoms with Crippen molar-refractivity contribution in [3.05, 3.63) is 0 Å². The quantitative estimate of drug-likeness (QED) is 0.625. The van der Waals surface area contributed by atoms with Crippen LogP contribution in [-0.4, -0.2) is 55.9 Å². The van der Waals surface area contributed by atoms with Gasteiger partial charge in [-0.15, -0.1) is 0 Å². The van der Waals surface area contributed by atoms with Crippen molar-refractivity contribution in [2.45, 2.75) is 19.4 Å². The SMILES string of the molecule is CCNCC(O)CN1CCCS1(=O)=O. The molecule has 1 saturated heterocycles. The van der Waals surface area contributed by atoms with E-state index in [1.807, 2.05) is 6.92 Å². The first-order valence-corrected chi connectivity index (χ1v) is 6.54. The van der Waals surface area contributed by atoms with Crippen LogP contribution in [-0.2, 0) is 10.0 Å². The molecule has 0 spiro atoms. The highest BCUT2D eigenvalue weighted by molar-refractivity contribution is 7.89. The minimum atomic E-state index is -3.06. The van der Waals surface area contributed by atoms with Gasteiger partial charge >= 0.3 is 0 Å². The normalized spacial score (nSPS) is 23.9. The zero-order valence-corrected chi connectivity index (χ0v) is 9.26. The van der Waals surface area contributed by atoms with Gasteiger partial charge in [-0.1, -0.05) is 6.92 Å². The minimum absolute atomic E-state index is 0.218. The van der Waals surface area contributed by atoms with Gasteiger partial charge in [0.05, 0.1) is 11.9 Å². The van der Waals surface area contributed by atoms with Gasteiger partial charge in [0.15, 0.2) is 0 Å². The zero-order chi connectivity index (χ0) is 10.6. The molecule has 1 rings (SSSR count). The van der Waals surface area contributed by atoms with E-state index in [1.165, 1.54) is 4.31 Å². The van der Waals surface area contributed by atoms with Crippen LogP contribution in [0.15, 0.2) is 0 Å². The number of hydrogen-bond donors (Lipinski definition) is 2. The highest BCUT2D eigenvalue weighted by Gasteiger charge is 2.29. The van der Waals surface area contributed by atoms with Gasteiger partial charge in [0.2, 0.25) is 10.0 Å². The molecule has 2 N–H and O–H groups in total. The van der Waals surface area contributed by atoms with Crippen molar-refractivity contribution in [1.82, 2.24) is 9.62 Å². The summed E-state index contributed by atoms with van der Waals surface area (Å²) in [7, 11) is -3.06. The van der Waals surface area contributed by atoms with Gasteiger partial charge in [-0.3, -0.25) is 0 Å². The Kier molecular flexibility index (Phi) is 4.31. The number of sulfonamides is 1. The molecular weight excluding hydrogens is 204 g/mol. The summed E-state index contributed by atoms with van der Waals surface area (Å²) < 4.78 is 24.1. The molecule has 6 heteroatoms. The molecule has 0 aromatic carbocycles. The summed E-state index contributed by atoms with van der Waals surface area (Å²) in [5.74, 6) is 0.223. The molecule has 0 radical (unpaired) electrons.